The van der Waals surface area contributed by atoms with Crippen molar-refractivity contribution in [3.05, 3.63) is 66.0 Å². The summed E-state index contributed by atoms with van der Waals surface area (Å²) in [6.07, 6.45) is 14.5. The minimum atomic E-state index is -0.381. The van der Waals surface area contributed by atoms with Gasteiger partial charge in [0.15, 0.2) is 0 Å². The highest BCUT2D eigenvalue weighted by molar-refractivity contribution is 5.70. The number of hydrogen-bond acceptors (Lipinski definition) is 5. The second-order valence-electron chi connectivity index (χ2n) is 8.91. The van der Waals surface area contributed by atoms with E-state index in [4.69, 9.17) is 9.47 Å². The third-order valence-corrected chi connectivity index (χ3v) is 5.71. The Bertz CT molecular complexity index is 845. The van der Waals surface area contributed by atoms with Crippen LogP contribution in [0.1, 0.15) is 64.5 Å². The van der Waals surface area contributed by atoms with Gasteiger partial charge in [0.25, 0.3) is 0 Å². The van der Waals surface area contributed by atoms with E-state index in [1.54, 1.807) is 20.3 Å². The van der Waals surface area contributed by atoms with Crippen LogP contribution in [0.5, 0.6) is 0 Å². The molecule has 0 bridgehead atoms. The molecule has 0 aromatic carbocycles. The third-order valence-electron chi connectivity index (χ3n) is 5.71. The smallest absolute Gasteiger partial charge is 0.409 e. The van der Waals surface area contributed by atoms with Crippen LogP contribution in [-0.2, 0) is 14.3 Å². The molecular weight excluding hydrogens is 416 g/mol. The Morgan fingerprint density at radius 1 is 1.24 bits per heavy atom. The van der Waals surface area contributed by atoms with Crippen molar-refractivity contribution in [1.82, 2.24) is 9.88 Å². The van der Waals surface area contributed by atoms with Gasteiger partial charge in [0, 0.05) is 44.2 Å². The Labute approximate surface area is 198 Å². The topological polar surface area (TPSA) is 68.7 Å². The number of cyclic esters (lactones) is 1. The molecule has 0 N–H and O–H groups in total. The third kappa shape index (κ3) is 9.24. The monoisotopic (exact) mass is 454 g/mol. The maximum Gasteiger partial charge on any atom is 0.409 e. The predicted octanol–water partition coefficient (Wildman–Crippen LogP) is 5.82. The molecule has 1 aliphatic rings. The fourth-order valence-electron chi connectivity index (χ4n) is 3.65. The second-order valence-corrected chi connectivity index (χ2v) is 8.91. The molecule has 1 aromatic rings. The normalized spacial score (nSPS) is 24.8. The van der Waals surface area contributed by atoms with Gasteiger partial charge in [-0.3, -0.25) is 9.78 Å². The zero-order valence-corrected chi connectivity index (χ0v) is 20.6. The first-order chi connectivity index (χ1) is 15.8. The average molecular weight is 455 g/mol. The first kappa shape index (κ1) is 26.4. The fraction of sp³-hybridized carbons (Fsp3) is 0.519. The van der Waals surface area contributed by atoms with Gasteiger partial charge in [-0.15, -0.1) is 0 Å². The van der Waals surface area contributed by atoms with Gasteiger partial charge in [-0.25, -0.2) is 4.79 Å². The summed E-state index contributed by atoms with van der Waals surface area (Å²) >= 11 is 0. The summed E-state index contributed by atoms with van der Waals surface area (Å²) in [7, 11) is 3.35. The first-order valence-corrected chi connectivity index (χ1v) is 11.8. The Hall–Kier alpha value is -2.89. The number of rotatable bonds is 5. The molecule has 0 saturated heterocycles. The molecule has 180 valence electrons. The Morgan fingerprint density at radius 2 is 2.03 bits per heavy atom. The van der Waals surface area contributed by atoms with E-state index < -0.39 is 0 Å². The summed E-state index contributed by atoms with van der Waals surface area (Å²) in [5.41, 5.74) is 1.97. The highest BCUT2D eigenvalue weighted by Gasteiger charge is 2.23. The van der Waals surface area contributed by atoms with E-state index in [2.05, 4.69) is 18.0 Å². The minimum Gasteiger partial charge on any atom is -0.457 e. The van der Waals surface area contributed by atoms with Crippen LogP contribution in [-0.4, -0.2) is 48.2 Å². The van der Waals surface area contributed by atoms with Gasteiger partial charge in [-0.2, -0.15) is 0 Å². The van der Waals surface area contributed by atoms with Crippen LogP contribution >= 0.6 is 0 Å². The molecule has 0 unspecified atom stereocenters. The molecule has 0 radical (unpaired) electrons. The fourth-order valence-corrected chi connectivity index (χ4v) is 3.65. The van der Waals surface area contributed by atoms with Gasteiger partial charge in [-0.05, 0) is 50.0 Å². The number of allylic oxidation sites excluding steroid dienone is 3. The number of amides is 1. The Kier molecular flexibility index (Phi) is 10.9. The van der Waals surface area contributed by atoms with Crippen LogP contribution in [0.2, 0.25) is 0 Å². The molecule has 1 amide bonds. The van der Waals surface area contributed by atoms with E-state index in [0.717, 1.165) is 37.0 Å². The van der Waals surface area contributed by atoms with Crippen molar-refractivity contribution >= 4 is 12.1 Å². The summed E-state index contributed by atoms with van der Waals surface area (Å²) in [5, 5.41) is 0. The van der Waals surface area contributed by atoms with Crippen molar-refractivity contribution in [1.29, 1.82) is 0 Å². The van der Waals surface area contributed by atoms with Crippen molar-refractivity contribution in [3.63, 3.8) is 0 Å². The number of nitrogens with zero attached hydrogens (tertiary/aromatic N) is 2. The van der Waals surface area contributed by atoms with E-state index in [9.17, 15) is 9.59 Å². The van der Waals surface area contributed by atoms with Crippen LogP contribution in [0.25, 0.3) is 0 Å². The lowest BCUT2D eigenvalue weighted by Gasteiger charge is -2.24. The van der Waals surface area contributed by atoms with Crippen molar-refractivity contribution < 1.29 is 19.1 Å². The van der Waals surface area contributed by atoms with Crippen LogP contribution in [0.4, 0.5) is 4.79 Å². The quantitative estimate of drug-likeness (QED) is 0.318. The number of esters is 1. The van der Waals surface area contributed by atoms with Gasteiger partial charge < -0.3 is 14.4 Å². The van der Waals surface area contributed by atoms with Crippen LogP contribution in [0.15, 0.2) is 60.3 Å². The molecule has 0 saturated carbocycles. The zero-order valence-electron chi connectivity index (χ0n) is 20.6. The summed E-state index contributed by atoms with van der Waals surface area (Å²) in [4.78, 5) is 30.3. The molecule has 2 heterocycles. The average Bonchev–Trinajstić information content (AvgIpc) is 2.79. The lowest BCUT2D eigenvalue weighted by atomic mass is 9.95. The lowest BCUT2D eigenvalue weighted by molar-refractivity contribution is -0.148. The summed E-state index contributed by atoms with van der Waals surface area (Å²) in [5.74, 6) is -0.0552. The van der Waals surface area contributed by atoms with Crippen molar-refractivity contribution in [3.8, 4) is 0 Å². The molecule has 0 fully saturated rings. The molecule has 4 atom stereocenters. The molecule has 6 nitrogen and oxygen atoms in total. The number of aromatic nitrogens is 1. The SMILES string of the molecule is C/C(=C\C=C\[C@H](C)c1ccccn1)[C@H]1OC(=O)CCCCC[C@H](OC(=O)N(C)C)/C=C/[C@@H]1C. The molecule has 0 spiro atoms. The van der Waals surface area contributed by atoms with Gasteiger partial charge in [0.05, 0.1) is 0 Å². The van der Waals surface area contributed by atoms with Crippen LogP contribution in [0, 0.1) is 5.92 Å². The number of pyridine rings is 1. The molecule has 6 heteroatoms. The zero-order chi connectivity index (χ0) is 24.2. The van der Waals surface area contributed by atoms with E-state index in [1.807, 2.05) is 56.4 Å². The minimum absolute atomic E-state index is 0.0631. The van der Waals surface area contributed by atoms with E-state index in [0.29, 0.717) is 6.42 Å². The van der Waals surface area contributed by atoms with Crippen molar-refractivity contribution in [2.24, 2.45) is 5.92 Å². The molecule has 2 rings (SSSR count). The lowest BCUT2D eigenvalue weighted by Crippen LogP contribution is -2.28. The Balaban J connectivity index is 2.16. The van der Waals surface area contributed by atoms with E-state index >= 15 is 0 Å². The highest BCUT2D eigenvalue weighted by atomic mass is 16.6. The summed E-state index contributed by atoms with van der Waals surface area (Å²) in [6, 6.07) is 5.89. The molecular formula is C27H38N2O4. The largest absolute Gasteiger partial charge is 0.457 e. The number of hydrogen-bond donors (Lipinski definition) is 0. The van der Waals surface area contributed by atoms with Gasteiger partial charge in [0.2, 0.25) is 0 Å². The van der Waals surface area contributed by atoms with E-state index in [-0.39, 0.29) is 36.1 Å². The standard InChI is InChI=1S/C27H38N2O4/c1-20(24-15-9-10-19-28-24)12-11-13-21(2)26-22(3)17-18-23(32-27(31)29(4)5)14-7-6-8-16-25(30)33-26/h9-13,15,17-20,22-23,26H,6-8,14,16H2,1-5H3/b12-11+,18-17+,21-13+/t20-,22-,23-,26+/m0/s1. The van der Waals surface area contributed by atoms with Crippen LogP contribution in [0.3, 0.4) is 0 Å². The number of carbonyl (C=O) groups excluding carboxylic acids is 2. The highest BCUT2D eigenvalue weighted by Crippen LogP contribution is 2.22. The van der Waals surface area contributed by atoms with Gasteiger partial charge in [-0.1, -0.05) is 50.6 Å². The molecule has 1 aromatic heterocycles. The molecule has 1 aliphatic heterocycles. The number of carbonyl (C=O) groups is 2. The molecule has 0 aliphatic carbocycles. The summed E-state index contributed by atoms with van der Waals surface area (Å²) in [6.45, 7) is 6.09. The van der Waals surface area contributed by atoms with E-state index in [1.165, 1.54) is 4.90 Å². The maximum absolute atomic E-state index is 12.4. The number of ether oxygens (including phenoxy) is 2. The molecule has 33 heavy (non-hydrogen) atoms. The Morgan fingerprint density at radius 3 is 2.73 bits per heavy atom. The van der Waals surface area contributed by atoms with Gasteiger partial charge >= 0.3 is 12.1 Å². The van der Waals surface area contributed by atoms with Crippen molar-refractivity contribution in [2.45, 2.75) is 71.0 Å². The second kappa shape index (κ2) is 13.6. The predicted molar refractivity (Wildman–Crippen MR) is 131 cm³/mol. The maximum atomic E-state index is 12.4. The first-order valence-electron chi connectivity index (χ1n) is 11.8. The summed E-state index contributed by atoms with van der Waals surface area (Å²) < 4.78 is 11.5. The van der Waals surface area contributed by atoms with Gasteiger partial charge in [0.1, 0.15) is 12.2 Å². The van der Waals surface area contributed by atoms with Crippen molar-refractivity contribution in [2.75, 3.05) is 14.1 Å². The van der Waals surface area contributed by atoms with Crippen LogP contribution < -0.4 is 0 Å².